The molecule has 0 fully saturated rings. The molecule has 1 nitrogen and oxygen atoms in total. The van der Waals surface area contributed by atoms with Gasteiger partial charge in [-0.05, 0) is 17.8 Å². The number of ether oxygens (including phenoxy) is 1. The molecule has 1 atom stereocenters. The van der Waals surface area contributed by atoms with Crippen LogP contribution in [0.1, 0.15) is 48.0 Å². The van der Waals surface area contributed by atoms with Crippen molar-refractivity contribution in [3.05, 3.63) is 0 Å². The number of hydrogen-bond donors (Lipinski definition) is 0. The lowest BCUT2D eigenvalue weighted by atomic mass is 9.68. The zero-order chi connectivity index (χ0) is 9.99. The highest BCUT2D eigenvalue weighted by Crippen LogP contribution is 2.41. The van der Waals surface area contributed by atoms with Crippen molar-refractivity contribution in [3.63, 3.8) is 0 Å². The lowest BCUT2D eigenvalue weighted by Gasteiger charge is -2.46. The van der Waals surface area contributed by atoms with E-state index in [9.17, 15) is 0 Å². The Bertz CT molecular complexity index is 126. The third-order valence-corrected chi connectivity index (χ3v) is 3.09. The minimum Gasteiger partial charge on any atom is -0.377 e. The summed E-state index contributed by atoms with van der Waals surface area (Å²) in [6.45, 7) is 13.4. The molecule has 0 aromatic heterocycles. The standard InChI is InChI=1S/C11H24O/c1-8-11(12-7,9(2)3)10(4,5)6/h9H,8H2,1-7H3. The summed E-state index contributed by atoms with van der Waals surface area (Å²) in [5.74, 6) is 0.562. The van der Waals surface area contributed by atoms with E-state index in [0.29, 0.717) is 5.92 Å². The summed E-state index contributed by atoms with van der Waals surface area (Å²) in [6, 6.07) is 0. The van der Waals surface area contributed by atoms with E-state index in [4.69, 9.17) is 4.74 Å². The summed E-state index contributed by atoms with van der Waals surface area (Å²) < 4.78 is 5.71. The van der Waals surface area contributed by atoms with Crippen LogP contribution >= 0.6 is 0 Å². The van der Waals surface area contributed by atoms with Crippen molar-refractivity contribution in [2.45, 2.75) is 53.6 Å². The fourth-order valence-electron chi connectivity index (χ4n) is 2.49. The van der Waals surface area contributed by atoms with Crippen molar-refractivity contribution in [2.75, 3.05) is 7.11 Å². The fraction of sp³-hybridized carbons (Fsp3) is 1.00. The third kappa shape index (κ3) is 1.82. The summed E-state index contributed by atoms with van der Waals surface area (Å²) >= 11 is 0. The highest BCUT2D eigenvalue weighted by Gasteiger charge is 2.43. The zero-order valence-corrected chi connectivity index (χ0v) is 9.69. The van der Waals surface area contributed by atoms with E-state index < -0.39 is 0 Å². The second kappa shape index (κ2) is 3.78. The van der Waals surface area contributed by atoms with Crippen LogP contribution in [0.5, 0.6) is 0 Å². The van der Waals surface area contributed by atoms with Gasteiger partial charge in [0, 0.05) is 7.11 Å². The van der Waals surface area contributed by atoms with Crippen molar-refractivity contribution in [1.82, 2.24) is 0 Å². The van der Waals surface area contributed by atoms with Crippen LogP contribution in [0.15, 0.2) is 0 Å². The second-order valence-electron chi connectivity index (χ2n) is 4.85. The van der Waals surface area contributed by atoms with Gasteiger partial charge in [0.2, 0.25) is 0 Å². The maximum atomic E-state index is 5.71. The van der Waals surface area contributed by atoms with Crippen LogP contribution in [-0.2, 0) is 4.74 Å². The van der Waals surface area contributed by atoms with Crippen LogP contribution in [0.2, 0.25) is 0 Å². The molecule has 1 heteroatoms. The molecule has 0 heterocycles. The monoisotopic (exact) mass is 172 g/mol. The van der Waals surface area contributed by atoms with Crippen molar-refractivity contribution >= 4 is 0 Å². The molecule has 1 unspecified atom stereocenters. The SMILES string of the molecule is CCC(OC)(C(C)C)C(C)(C)C. The lowest BCUT2D eigenvalue weighted by molar-refractivity contribution is -0.127. The molecule has 0 N–H and O–H groups in total. The normalized spacial score (nSPS) is 18.0. The molecule has 0 aromatic rings. The molecular weight excluding hydrogens is 148 g/mol. The molecule has 0 radical (unpaired) electrons. The molecular formula is C11H24O. The van der Waals surface area contributed by atoms with Crippen molar-refractivity contribution in [1.29, 1.82) is 0 Å². The van der Waals surface area contributed by atoms with E-state index in [2.05, 4.69) is 41.5 Å². The van der Waals surface area contributed by atoms with E-state index in [1.165, 1.54) is 0 Å². The first-order valence-electron chi connectivity index (χ1n) is 4.87. The van der Waals surface area contributed by atoms with Crippen LogP contribution in [0, 0.1) is 11.3 Å². The molecule has 0 aromatic carbocycles. The fourth-order valence-corrected chi connectivity index (χ4v) is 2.49. The Balaban J connectivity index is 4.83. The van der Waals surface area contributed by atoms with E-state index in [1.807, 2.05) is 7.11 Å². The minimum atomic E-state index is 0.0208. The average Bonchev–Trinajstić information content (AvgIpc) is 1.87. The van der Waals surface area contributed by atoms with E-state index >= 15 is 0 Å². The summed E-state index contributed by atoms with van der Waals surface area (Å²) in [4.78, 5) is 0. The van der Waals surface area contributed by atoms with Gasteiger partial charge in [-0.2, -0.15) is 0 Å². The van der Waals surface area contributed by atoms with Gasteiger partial charge in [-0.3, -0.25) is 0 Å². The van der Waals surface area contributed by atoms with Crippen LogP contribution in [0.25, 0.3) is 0 Å². The van der Waals surface area contributed by atoms with Crippen molar-refractivity contribution in [3.8, 4) is 0 Å². The Kier molecular flexibility index (Phi) is 3.77. The Morgan fingerprint density at radius 1 is 1.17 bits per heavy atom. The van der Waals surface area contributed by atoms with Gasteiger partial charge < -0.3 is 4.74 Å². The molecule has 0 saturated carbocycles. The maximum Gasteiger partial charge on any atom is 0.0746 e. The van der Waals surface area contributed by atoms with Gasteiger partial charge in [0.15, 0.2) is 0 Å². The summed E-state index contributed by atoms with van der Waals surface area (Å²) in [5.41, 5.74) is 0.234. The molecule has 0 amide bonds. The average molecular weight is 172 g/mol. The number of methoxy groups -OCH3 is 1. The predicted octanol–water partition coefficient (Wildman–Crippen LogP) is 3.48. The lowest BCUT2D eigenvalue weighted by Crippen LogP contribution is -2.48. The largest absolute Gasteiger partial charge is 0.377 e. The molecule has 0 aliphatic carbocycles. The highest BCUT2D eigenvalue weighted by atomic mass is 16.5. The Morgan fingerprint density at radius 3 is 1.58 bits per heavy atom. The topological polar surface area (TPSA) is 9.23 Å². The Morgan fingerprint density at radius 2 is 1.58 bits per heavy atom. The molecule has 0 aliphatic heterocycles. The molecule has 0 rings (SSSR count). The third-order valence-electron chi connectivity index (χ3n) is 3.09. The van der Waals surface area contributed by atoms with E-state index in [0.717, 1.165) is 6.42 Å². The first-order valence-corrected chi connectivity index (χ1v) is 4.87. The van der Waals surface area contributed by atoms with E-state index in [1.54, 1.807) is 0 Å². The van der Waals surface area contributed by atoms with Gasteiger partial charge in [-0.25, -0.2) is 0 Å². The van der Waals surface area contributed by atoms with Crippen molar-refractivity contribution in [2.24, 2.45) is 11.3 Å². The summed E-state index contributed by atoms with van der Waals surface area (Å²) in [7, 11) is 1.83. The zero-order valence-electron chi connectivity index (χ0n) is 9.69. The Hall–Kier alpha value is -0.0400. The van der Waals surface area contributed by atoms with E-state index in [-0.39, 0.29) is 11.0 Å². The van der Waals surface area contributed by atoms with Gasteiger partial charge >= 0.3 is 0 Å². The number of hydrogen-bond acceptors (Lipinski definition) is 1. The maximum absolute atomic E-state index is 5.71. The van der Waals surface area contributed by atoms with Crippen LogP contribution in [0.3, 0.4) is 0 Å². The van der Waals surface area contributed by atoms with Crippen LogP contribution < -0.4 is 0 Å². The molecule has 0 spiro atoms. The van der Waals surface area contributed by atoms with Gasteiger partial charge in [0.25, 0.3) is 0 Å². The first-order chi connectivity index (χ1) is 5.31. The summed E-state index contributed by atoms with van der Waals surface area (Å²) in [6.07, 6.45) is 1.07. The number of rotatable bonds is 3. The van der Waals surface area contributed by atoms with Crippen LogP contribution in [-0.4, -0.2) is 12.7 Å². The molecule has 12 heavy (non-hydrogen) atoms. The van der Waals surface area contributed by atoms with Crippen molar-refractivity contribution < 1.29 is 4.74 Å². The van der Waals surface area contributed by atoms with Gasteiger partial charge in [0.05, 0.1) is 5.60 Å². The van der Waals surface area contributed by atoms with Crippen LogP contribution in [0.4, 0.5) is 0 Å². The molecule has 74 valence electrons. The van der Waals surface area contributed by atoms with Gasteiger partial charge in [-0.15, -0.1) is 0 Å². The molecule has 0 saturated heterocycles. The second-order valence-corrected chi connectivity index (χ2v) is 4.85. The predicted molar refractivity (Wildman–Crippen MR) is 54.3 cm³/mol. The first kappa shape index (κ1) is 12.0. The summed E-state index contributed by atoms with van der Waals surface area (Å²) in [5, 5.41) is 0. The minimum absolute atomic E-state index is 0.0208. The molecule has 0 bridgehead atoms. The molecule has 0 aliphatic rings. The van der Waals surface area contributed by atoms with Gasteiger partial charge in [0.1, 0.15) is 0 Å². The Labute approximate surface area is 77.5 Å². The quantitative estimate of drug-likeness (QED) is 0.633. The van der Waals surface area contributed by atoms with Gasteiger partial charge in [-0.1, -0.05) is 41.5 Å². The smallest absolute Gasteiger partial charge is 0.0746 e. The highest BCUT2D eigenvalue weighted by molar-refractivity contribution is 4.93.